The van der Waals surface area contributed by atoms with Crippen molar-refractivity contribution >= 4 is 11.3 Å². The van der Waals surface area contributed by atoms with Crippen molar-refractivity contribution in [3.8, 4) is 0 Å². The Balaban J connectivity index is 1.97. The third-order valence-electron chi connectivity index (χ3n) is 3.40. The van der Waals surface area contributed by atoms with Gasteiger partial charge in [-0.05, 0) is 14.1 Å². The summed E-state index contributed by atoms with van der Waals surface area (Å²) in [6.07, 6.45) is 0. The Bertz CT molecular complexity index is 364. The van der Waals surface area contributed by atoms with Crippen LogP contribution in [0.15, 0.2) is 0 Å². The van der Waals surface area contributed by atoms with E-state index in [-0.39, 0.29) is 0 Å². The highest BCUT2D eigenvalue weighted by Gasteiger charge is 2.17. The molecular formula is C13H24N4OS. The highest BCUT2D eigenvalue weighted by atomic mass is 32.1. The number of ether oxygens (including phenoxy) is 1. The molecule has 1 aromatic heterocycles. The maximum atomic E-state index is 5.23. The summed E-state index contributed by atoms with van der Waals surface area (Å²) in [6, 6.07) is 0. The Hall–Kier alpha value is -0.530. The van der Waals surface area contributed by atoms with Crippen LogP contribution in [-0.2, 0) is 24.4 Å². The number of hydrogen-bond acceptors (Lipinski definition) is 6. The first kappa shape index (κ1) is 14.9. The van der Waals surface area contributed by atoms with Crippen LogP contribution in [0.25, 0.3) is 0 Å². The zero-order chi connectivity index (χ0) is 13.7. The van der Waals surface area contributed by atoms with Crippen LogP contribution < -0.4 is 5.32 Å². The minimum Gasteiger partial charge on any atom is -0.378 e. The quantitative estimate of drug-likeness (QED) is 0.835. The predicted octanol–water partition coefficient (Wildman–Crippen LogP) is 0.756. The van der Waals surface area contributed by atoms with Crippen molar-refractivity contribution in [2.24, 2.45) is 0 Å². The first-order valence-corrected chi connectivity index (χ1v) is 7.56. The Morgan fingerprint density at radius 2 is 2.05 bits per heavy atom. The van der Waals surface area contributed by atoms with Crippen LogP contribution in [0.4, 0.5) is 0 Å². The minimum absolute atomic E-state index is 0.607. The van der Waals surface area contributed by atoms with Crippen LogP contribution in [0.5, 0.6) is 0 Å². The van der Waals surface area contributed by atoms with E-state index in [9.17, 15) is 0 Å². The largest absolute Gasteiger partial charge is 0.378 e. The molecule has 1 aliphatic rings. The second-order valence-corrected chi connectivity index (χ2v) is 6.19. The summed E-state index contributed by atoms with van der Waals surface area (Å²) >= 11 is 1.81. The van der Waals surface area contributed by atoms with Crippen LogP contribution in [-0.4, -0.2) is 62.2 Å². The van der Waals surface area contributed by atoms with Gasteiger partial charge in [0.15, 0.2) is 0 Å². The summed E-state index contributed by atoms with van der Waals surface area (Å²) in [7, 11) is 5.88. The second kappa shape index (κ2) is 7.31. The first-order valence-electron chi connectivity index (χ1n) is 6.74. The van der Waals surface area contributed by atoms with E-state index in [4.69, 9.17) is 9.72 Å². The molecule has 1 aliphatic heterocycles. The standard InChI is InChI=1S/C13H24N4OS/c1-14-8-12-11(10-18-3)15-13(19-12)9-17-6-4-16(2)5-7-17/h14H,4-10H2,1-3H3. The van der Waals surface area contributed by atoms with Gasteiger partial charge in [-0.1, -0.05) is 0 Å². The van der Waals surface area contributed by atoms with Crippen molar-refractivity contribution < 1.29 is 4.74 Å². The third-order valence-corrected chi connectivity index (χ3v) is 4.48. The van der Waals surface area contributed by atoms with Crippen molar-refractivity contribution in [1.82, 2.24) is 20.1 Å². The highest BCUT2D eigenvalue weighted by molar-refractivity contribution is 7.11. The van der Waals surface area contributed by atoms with Crippen molar-refractivity contribution in [2.75, 3.05) is 47.4 Å². The average molecular weight is 284 g/mol. The van der Waals surface area contributed by atoms with E-state index in [1.165, 1.54) is 9.88 Å². The number of hydrogen-bond donors (Lipinski definition) is 1. The topological polar surface area (TPSA) is 40.6 Å². The van der Waals surface area contributed by atoms with Crippen molar-refractivity contribution in [3.63, 3.8) is 0 Å². The molecule has 1 N–H and O–H groups in total. The number of rotatable bonds is 6. The fourth-order valence-corrected chi connectivity index (χ4v) is 3.38. The molecule has 2 heterocycles. The minimum atomic E-state index is 0.607. The number of nitrogens with one attached hydrogen (secondary N) is 1. The van der Waals surface area contributed by atoms with E-state index < -0.39 is 0 Å². The van der Waals surface area contributed by atoms with Gasteiger partial charge in [-0.2, -0.15) is 0 Å². The molecule has 0 unspecified atom stereocenters. The molecule has 108 valence electrons. The predicted molar refractivity (Wildman–Crippen MR) is 78.4 cm³/mol. The molecule has 19 heavy (non-hydrogen) atoms. The monoisotopic (exact) mass is 284 g/mol. The van der Waals surface area contributed by atoms with E-state index in [1.54, 1.807) is 7.11 Å². The molecule has 0 radical (unpaired) electrons. The van der Waals surface area contributed by atoms with Crippen LogP contribution in [0.1, 0.15) is 15.6 Å². The van der Waals surface area contributed by atoms with Gasteiger partial charge in [0.05, 0.1) is 18.8 Å². The zero-order valence-electron chi connectivity index (χ0n) is 12.1. The fraction of sp³-hybridized carbons (Fsp3) is 0.769. The second-order valence-electron chi connectivity index (χ2n) is 5.02. The molecular weight excluding hydrogens is 260 g/mol. The van der Waals surface area contributed by atoms with Gasteiger partial charge < -0.3 is 15.0 Å². The molecule has 0 amide bonds. The summed E-state index contributed by atoms with van der Waals surface area (Å²) < 4.78 is 5.23. The van der Waals surface area contributed by atoms with Gasteiger partial charge in [-0.15, -0.1) is 11.3 Å². The summed E-state index contributed by atoms with van der Waals surface area (Å²) in [5, 5.41) is 4.41. The van der Waals surface area contributed by atoms with Gasteiger partial charge in [-0.25, -0.2) is 4.98 Å². The summed E-state index contributed by atoms with van der Waals surface area (Å²) in [5.41, 5.74) is 1.09. The molecule has 6 heteroatoms. The maximum absolute atomic E-state index is 5.23. The van der Waals surface area contributed by atoms with Gasteiger partial charge in [0.1, 0.15) is 5.01 Å². The Morgan fingerprint density at radius 1 is 1.32 bits per heavy atom. The third kappa shape index (κ3) is 4.22. The summed E-state index contributed by atoms with van der Waals surface area (Å²) in [4.78, 5) is 10.9. The van der Waals surface area contributed by atoms with Crippen molar-refractivity contribution in [3.05, 3.63) is 15.6 Å². The molecule has 1 saturated heterocycles. The lowest BCUT2D eigenvalue weighted by Gasteiger charge is -2.31. The molecule has 1 fully saturated rings. The van der Waals surface area contributed by atoms with Gasteiger partial charge >= 0.3 is 0 Å². The van der Waals surface area contributed by atoms with Crippen LogP contribution in [0.3, 0.4) is 0 Å². The maximum Gasteiger partial charge on any atom is 0.107 e. The molecule has 0 saturated carbocycles. The zero-order valence-corrected chi connectivity index (χ0v) is 12.9. The summed E-state index contributed by atoms with van der Waals surface area (Å²) in [6.45, 7) is 7.03. The normalized spacial score (nSPS) is 18.1. The molecule has 2 rings (SSSR count). The Kier molecular flexibility index (Phi) is 5.72. The first-order chi connectivity index (χ1) is 9.22. The number of thiazole rings is 1. The molecule has 0 spiro atoms. The van der Waals surface area contributed by atoms with E-state index in [1.807, 2.05) is 18.4 Å². The number of piperazine rings is 1. The van der Waals surface area contributed by atoms with Crippen LogP contribution in [0.2, 0.25) is 0 Å². The highest BCUT2D eigenvalue weighted by Crippen LogP contribution is 2.21. The lowest BCUT2D eigenvalue weighted by atomic mass is 10.3. The smallest absolute Gasteiger partial charge is 0.107 e. The van der Waals surface area contributed by atoms with Crippen molar-refractivity contribution in [2.45, 2.75) is 19.7 Å². The summed E-state index contributed by atoms with van der Waals surface area (Å²) in [5.74, 6) is 0. The Labute approximate surface area is 119 Å². The molecule has 0 atom stereocenters. The average Bonchev–Trinajstić information content (AvgIpc) is 2.75. The number of likely N-dealkylation sites (N-methyl/N-ethyl adjacent to an activating group) is 1. The molecule has 5 nitrogen and oxygen atoms in total. The number of methoxy groups -OCH3 is 1. The van der Waals surface area contributed by atoms with Crippen LogP contribution in [0, 0.1) is 0 Å². The molecule has 0 bridgehead atoms. The van der Waals surface area contributed by atoms with E-state index in [0.29, 0.717) is 6.61 Å². The van der Waals surface area contributed by atoms with Gasteiger partial charge in [0.25, 0.3) is 0 Å². The Morgan fingerprint density at radius 3 is 2.68 bits per heavy atom. The molecule has 0 aromatic carbocycles. The molecule has 1 aromatic rings. The van der Waals surface area contributed by atoms with Gasteiger partial charge in [0, 0.05) is 44.7 Å². The SMILES string of the molecule is CNCc1sc(CN2CCN(C)CC2)nc1COC. The van der Waals surface area contributed by atoms with Crippen molar-refractivity contribution in [1.29, 1.82) is 0 Å². The number of nitrogens with zero attached hydrogens (tertiary/aromatic N) is 3. The fourth-order valence-electron chi connectivity index (χ4n) is 2.25. The lowest BCUT2D eigenvalue weighted by Crippen LogP contribution is -2.43. The lowest BCUT2D eigenvalue weighted by molar-refractivity contribution is 0.147. The van der Waals surface area contributed by atoms with E-state index in [2.05, 4.69) is 22.2 Å². The molecule has 0 aliphatic carbocycles. The van der Waals surface area contributed by atoms with Crippen LogP contribution >= 0.6 is 11.3 Å². The van der Waals surface area contributed by atoms with Gasteiger partial charge in [-0.3, -0.25) is 4.90 Å². The van der Waals surface area contributed by atoms with Gasteiger partial charge in [0.2, 0.25) is 0 Å². The number of aromatic nitrogens is 1. The van der Waals surface area contributed by atoms with E-state index in [0.717, 1.165) is 45.0 Å². The van der Waals surface area contributed by atoms with E-state index >= 15 is 0 Å².